The molecule has 1 saturated heterocycles. The first-order chi connectivity index (χ1) is 16.0. The first-order valence-corrected chi connectivity index (χ1v) is 11.0. The maximum absolute atomic E-state index is 12.3. The number of hydrogen-bond acceptors (Lipinski definition) is 7. The zero-order valence-corrected chi connectivity index (χ0v) is 18.7. The molecule has 0 spiro atoms. The molecule has 8 nitrogen and oxygen atoms in total. The highest BCUT2D eigenvalue weighted by atomic mass is 16.6. The summed E-state index contributed by atoms with van der Waals surface area (Å²) in [7, 11) is 0. The first kappa shape index (κ1) is 24.1. The Morgan fingerprint density at radius 1 is 0.848 bits per heavy atom. The molecule has 0 aromatic heterocycles. The van der Waals surface area contributed by atoms with Gasteiger partial charge in [-0.1, -0.05) is 30.3 Å². The molecule has 176 valence electrons. The summed E-state index contributed by atoms with van der Waals surface area (Å²) >= 11 is 0. The van der Waals surface area contributed by atoms with Gasteiger partial charge in [-0.2, -0.15) is 0 Å². The third-order valence-corrected chi connectivity index (χ3v) is 5.25. The minimum Gasteiger partial charge on any atom is -0.489 e. The average Bonchev–Trinajstić information content (AvgIpc) is 2.86. The highest BCUT2D eigenvalue weighted by molar-refractivity contribution is 5.81. The van der Waals surface area contributed by atoms with Crippen LogP contribution >= 0.6 is 0 Å². The Kier molecular flexibility index (Phi) is 9.11. The van der Waals surface area contributed by atoms with Gasteiger partial charge in [0.2, 0.25) is 0 Å². The van der Waals surface area contributed by atoms with E-state index in [2.05, 4.69) is 0 Å². The van der Waals surface area contributed by atoms with Crippen molar-refractivity contribution in [3.63, 3.8) is 0 Å². The molecular formula is C25H29NO7. The molecule has 0 radical (unpaired) electrons. The fourth-order valence-corrected chi connectivity index (χ4v) is 3.42. The number of amides is 1. The number of nitrogens with zero attached hydrogens (tertiary/aromatic N) is 1. The molecule has 3 rings (SSSR count). The van der Waals surface area contributed by atoms with Crippen molar-refractivity contribution in [2.45, 2.75) is 26.4 Å². The lowest BCUT2D eigenvalue weighted by atomic mass is 9.97. The highest BCUT2D eigenvalue weighted by Gasteiger charge is 2.28. The van der Waals surface area contributed by atoms with Gasteiger partial charge in [0.1, 0.15) is 18.1 Å². The summed E-state index contributed by atoms with van der Waals surface area (Å²) in [5.74, 6) is -0.138. The van der Waals surface area contributed by atoms with Gasteiger partial charge in [-0.15, -0.1) is 0 Å². The number of hydrogen-bond donors (Lipinski definition) is 0. The maximum Gasteiger partial charge on any atom is 0.344 e. The highest BCUT2D eigenvalue weighted by Crippen LogP contribution is 2.20. The van der Waals surface area contributed by atoms with Crippen LogP contribution in [-0.4, -0.2) is 55.7 Å². The molecule has 0 atom stereocenters. The molecule has 0 aliphatic carbocycles. The predicted octanol–water partition coefficient (Wildman–Crippen LogP) is 2.99. The number of esters is 2. The lowest BCUT2D eigenvalue weighted by molar-refractivity contribution is -0.155. The Hall–Kier alpha value is -3.55. The third kappa shape index (κ3) is 7.82. The van der Waals surface area contributed by atoms with Gasteiger partial charge in [0.15, 0.2) is 13.2 Å². The fourth-order valence-electron chi connectivity index (χ4n) is 3.42. The van der Waals surface area contributed by atoms with Crippen LogP contribution in [0.1, 0.15) is 25.3 Å². The number of benzene rings is 2. The number of likely N-dealkylation sites (tertiary alicyclic amines) is 1. The molecule has 1 heterocycles. The van der Waals surface area contributed by atoms with Crippen LogP contribution in [0.5, 0.6) is 11.5 Å². The van der Waals surface area contributed by atoms with Gasteiger partial charge in [0.25, 0.3) is 5.91 Å². The summed E-state index contributed by atoms with van der Waals surface area (Å²) in [4.78, 5) is 37.6. The minimum atomic E-state index is -0.630. The molecule has 1 fully saturated rings. The maximum atomic E-state index is 12.3. The summed E-state index contributed by atoms with van der Waals surface area (Å²) in [6, 6.07) is 16.7. The van der Waals surface area contributed by atoms with E-state index in [9.17, 15) is 14.4 Å². The van der Waals surface area contributed by atoms with Crippen LogP contribution in [-0.2, 0) is 30.5 Å². The van der Waals surface area contributed by atoms with Gasteiger partial charge < -0.3 is 23.8 Å². The van der Waals surface area contributed by atoms with Crippen LogP contribution < -0.4 is 9.47 Å². The van der Waals surface area contributed by atoms with Crippen molar-refractivity contribution in [3.8, 4) is 11.5 Å². The van der Waals surface area contributed by atoms with Gasteiger partial charge in [0, 0.05) is 13.1 Å². The zero-order valence-electron chi connectivity index (χ0n) is 18.7. The average molecular weight is 456 g/mol. The molecule has 0 unspecified atom stereocenters. The summed E-state index contributed by atoms with van der Waals surface area (Å²) < 4.78 is 21.2. The molecule has 2 aromatic carbocycles. The lowest BCUT2D eigenvalue weighted by Gasteiger charge is -2.30. The second-order valence-electron chi connectivity index (χ2n) is 7.60. The van der Waals surface area contributed by atoms with Crippen molar-refractivity contribution in [2.75, 3.05) is 32.9 Å². The van der Waals surface area contributed by atoms with E-state index in [-0.39, 0.29) is 31.0 Å². The third-order valence-electron chi connectivity index (χ3n) is 5.25. The van der Waals surface area contributed by atoms with E-state index in [1.807, 2.05) is 30.3 Å². The van der Waals surface area contributed by atoms with Crippen LogP contribution in [0.2, 0.25) is 0 Å². The van der Waals surface area contributed by atoms with E-state index >= 15 is 0 Å². The number of ether oxygens (including phenoxy) is 4. The van der Waals surface area contributed by atoms with Gasteiger partial charge in [-0.3, -0.25) is 9.59 Å². The van der Waals surface area contributed by atoms with Crippen molar-refractivity contribution in [2.24, 2.45) is 5.92 Å². The zero-order chi connectivity index (χ0) is 23.5. The van der Waals surface area contributed by atoms with E-state index < -0.39 is 5.97 Å². The normalized spacial score (nSPS) is 13.8. The fraction of sp³-hybridized carbons (Fsp3) is 0.400. The lowest BCUT2D eigenvalue weighted by Crippen LogP contribution is -2.42. The van der Waals surface area contributed by atoms with Crippen LogP contribution in [0.15, 0.2) is 54.6 Å². The molecule has 0 saturated carbocycles. The monoisotopic (exact) mass is 455 g/mol. The summed E-state index contributed by atoms with van der Waals surface area (Å²) in [5, 5.41) is 0. The molecule has 0 N–H and O–H groups in total. The summed E-state index contributed by atoms with van der Waals surface area (Å²) in [5.41, 5.74) is 1.07. The van der Waals surface area contributed by atoms with E-state index in [0.717, 1.165) is 5.56 Å². The Morgan fingerprint density at radius 2 is 1.48 bits per heavy atom. The Balaban J connectivity index is 1.32. The van der Waals surface area contributed by atoms with Crippen molar-refractivity contribution in [3.05, 3.63) is 60.2 Å². The Labute approximate surface area is 193 Å². The molecule has 2 aromatic rings. The van der Waals surface area contributed by atoms with Crippen LogP contribution in [0.25, 0.3) is 0 Å². The molecule has 1 aliphatic rings. The van der Waals surface area contributed by atoms with E-state index in [1.54, 1.807) is 36.1 Å². The molecule has 33 heavy (non-hydrogen) atoms. The van der Waals surface area contributed by atoms with Gasteiger partial charge in [-0.25, -0.2) is 4.79 Å². The number of rotatable bonds is 10. The number of carbonyl (C=O) groups excluding carboxylic acids is 3. The molecule has 1 aliphatic heterocycles. The molecule has 0 bridgehead atoms. The van der Waals surface area contributed by atoms with Gasteiger partial charge in [-0.05, 0) is 49.6 Å². The van der Waals surface area contributed by atoms with Gasteiger partial charge in [0.05, 0.1) is 12.5 Å². The van der Waals surface area contributed by atoms with Gasteiger partial charge >= 0.3 is 11.9 Å². The second-order valence-corrected chi connectivity index (χ2v) is 7.60. The SMILES string of the molecule is CCOC(=O)C1CCN(C(=O)COC(=O)COc2ccc(OCc3ccccc3)cc2)CC1. The van der Waals surface area contributed by atoms with E-state index in [1.165, 1.54) is 0 Å². The quantitative estimate of drug-likeness (QED) is 0.509. The predicted molar refractivity (Wildman–Crippen MR) is 120 cm³/mol. The Bertz CT molecular complexity index is 906. The van der Waals surface area contributed by atoms with E-state index in [0.29, 0.717) is 50.6 Å². The largest absolute Gasteiger partial charge is 0.489 e. The van der Waals surface area contributed by atoms with Crippen LogP contribution in [0.4, 0.5) is 0 Å². The molecule has 1 amide bonds. The van der Waals surface area contributed by atoms with Crippen LogP contribution in [0, 0.1) is 5.92 Å². The molecule has 8 heteroatoms. The first-order valence-electron chi connectivity index (χ1n) is 11.0. The number of piperidine rings is 1. The number of carbonyl (C=O) groups is 3. The second kappa shape index (κ2) is 12.5. The summed E-state index contributed by atoms with van der Waals surface area (Å²) in [6.45, 7) is 2.81. The van der Waals surface area contributed by atoms with Crippen molar-refractivity contribution in [1.82, 2.24) is 4.90 Å². The molecular weight excluding hydrogens is 426 g/mol. The van der Waals surface area contributed by atoms with Crippen molar-refractivity contribution >= 4 is 17.8 Å². The van der Waals surface area contributed by atoms with Crippen molar-refractivity contribution in [1.29, 1.82) is 0 Å². The van der Waals surface area contributed by atoms with Crippen LogP contribution in [0.3, 0.4) is 0 Å². The summed E-state index contributed by atoms with van der Waals surface area (Å²) in [6.07, 6.45) is 1.10. The minimum absolute atomic E-state index is 0.180. The van der Waals surface area contributed by atoms with Crippen molar-refractivity contribution < 1.29 is 33.3 Å². The Morgan fingerprint density at radius 3 is 2.12 bits per heavy atom. The topological polar surface area (TPSA) is 91.4 Å². The van der Waals surface area contributed by atoms with E-state index in [4.69, 9.17) is 18.9 Å². The standard InChI is InChI=1S/C25H29NO7/c1-2-30-25(29)20-12-14-26(15-13-20)23(27)17-33-24(28)18-32-22-10-8-21(9-11-22)31-16-19-6-4-3-5-7-19/h3-11,20H,2,12-18H2,1H3. The smallest absolute Gasteiger partial charge is 0.344 e.